The van der Waals surface area contributed by atoms with E-state index >= 15 is 0 Å². The molecule has 116 valence electrons. The molecule has 0 bridgehead atoms. The lowest BCUT2D eigenvalue weighted by atomic mass is 10.2. The standard InChI is InChI=1S/C14H15N3O5/c1-2-20-14(19)22-11-9-16-13(21-11)17-12(18)15-8-10-6-4-3-5-7-10/h3-7,9H,2,8H2,1H3,(H2,15,16,17,18). The van der Waals surface area contributed by atoms with Crippen LogP contribution in [0.15, 0.2) is 40.9 Å². The summed E-state index contributed by atoms with van der Waals surface area (Å²) in [4.78, 5) is 26.5. The molecular weight excluding hydrogens is 290 g/mol. The van der Waals surface area contributed by atoms with Crippen LogP contribution < -0.4 is 15.4 Å². The van der Waals surface area contributed by atoms with Gasteiger partial charge in [-0.2, -0.15) is 4.98 Å². The molecule has 8 heteroatoms. The molecule has 0 aliphatic rings. The quantitative estimate of drug-likeness (QED) is 0.823. The minimum atomic E-state index is -0.904. The maximum absolute atomic E-state index is 11.7. The molecule has 2 rings (SSSR count). The van der Waals surface area contributed by atoms with Crippen molar-refractivity contribution in [2.75, 3.05) is 11.9 Å². The van der Waals surface area contributed by atoms with Crippen LogP contribution in [0, 0.1) is 0 Å². The van der Waals surface area contributed by atoms with E-state index in [1.54, 1.807) is 6.92 Å². The number of nitrogens with zero attached hydrogens (tertiary/aromatic N) is 1. The predicted molar refractivity (Wildman–Crippen MR) is 76.5 cm³/mol. The minimum Gasteiger partial charge on any atom is -0.434 e. The molecule has 2 N–H and O–H groups in total. The number of rotatable bonds is 5. The first-order chi connectivity index (χ1) is 10.7. The summed E-state index contributed by atoms with van der Waals surface area (Å²) in [5.41, 5.74) is 0.955. The highest BCUT2D eigenvalue weighted by molar-refractivity contribution is 5.86. The van der Waals surface area contributed by atoms with Crippen molar-refractivity contribution < 1.29 is 23.5 Å². The first-order valence-electron chi connectivity index (χ1n) is 6.56. The molecule has 8 nitrogen and oxygen atoms in total. The van der Waals surface area contributed by atoms with E-state index in [4.69, 9.17) is 4.42 Å². The number of oxazole rings is 1. The SMILES string of the molecule is CCOC(=O)Oc1cnc(NC(=O)NCc2ccccc2)o1. The van der Waals surface area contributed by atoms with E-state index in [0.717, 1.165) is 11.8 Å². The van der Waals surface area contributed by atoms with Crippen LogP contribution in [0.1, 0.15) is 12.5 Å². The second-order valence-electron chi connectivity index (χ2n) is 4.06. The van der Waals surface area contributed by atoms with Crippen LogP contribution in [0.2, 0.25) is 0 Å². The van der Waals surface area contributed by atoms with Crippen molar-refractivity contribution in [2.24, 2.45) is 0 Å². The number of nitrogens with one attached hydrogen (secondary N) is 2. The van der Waals surface area contributed by atoms with Gasteiger partial charge in [0.25, 0.3) is 0 Å². The Morgan fingerprint density at radius 2 is 2.05 bits per heavy atom. The number of urea groups is 1. The summed E-state index contributed by atoms with van der Waals surface area (Å²) in [5, 5.41) is 5.01. The number of anilines is 1. The number of benzene rings is 1. The van der Waals surface area contributed by atoms with Gasteiger partial charge in [-0.05, 0) is 12.5 Å². The summed E-state index contributed by atoms with van der Waals surface area (Å²) in [5.74, 6) is -0.170. The smallest absolute Gasteiger partial charge is 0.434 e. The molecule has 0 atom stereocenters. The van der Waals surface area contributed by atoms with E-state index < -0.39 is 12.2 Å². The predicted octanol–water partition coefficient (Wildman–Crippen LogP) is 2.53. The molecule has 1 heterocycles. The van der Waals surface area contributed by atoms with Gasteiger partial charge in [0.05, 0.1) is 6.61 Å². The summed E-state index contributed by atoms with van der Waals surface area (Å²) in [7, 11) is 0. The van der Waals surface area contributed by atoms with Gasteiger partial charge in [-0.15, -0.1) is 0 Å². The number of hydrogen-bond acceptors (Lipinski definition) is 6. The van der Waals surface area contributed by atoms with Crippen molar-refractivity contribution in [3.05, 3.63) is 42.1 Å². The first kappa shape index (κ1) is 15.4. The zero-order valence-corrected chi connectivity index (χ0v) is 11.9. The van der Waals surface area contributed by atoms with Crippen molar-refractivity contribution in [2.45, 2.75) is 13.5 Å². The monoisotopic (exact) mass is 305 g/mol. The highest BCUT2D eigenvalue weighted by atomic mass is 16.8. The fourth-order valence-electron chi connectivity index (χ4n) is 1.51. The van der Waals surface area contributed by atoms with Crippen molar-refractivity contribution >= 4 is 18.2 Å². The Balaban J connectivity index is 1.79. The molecular formula is C14H15N3O5. The Morgan fingerprint density at radius 1 is 1.27 bits per heavy atom. The average molecular weight is 305 g/mol. The van der Waals surface area contributed by atoms with Crippen molar-refractivity contribution in [3.8, 4) is 5.95 Å². The van der Waals surface area contributed by atoms with Crippen LogP contribution in [-0.4, -0.2) is 23.8 Å². The van der Waals surface area contributed by atoms with E-state index in [2.05, 4.69) is 25.1 Å². The first-order valence-corrected chi connectivity index (χ1v) is 6.56. The summed E-state index contributed by atoms with van der Waals surface area (Å²) >= 11 is 0. The maximum atomic E-state index is 11.7. The lowest BCUT2D eigenvalue weighted by Crippen LogP contribution is -2.28. The number of carbonyl (C=O) groups is 2. The Labute approximate surface area is 126 Å². The second kappa shape index (κ2) is 7.67. The van der Waals surface area contributed by atoms with E-state index in [-0.39, 0.29) is 18.6 Å². The van der Waals surface area contributed by atoms with E-state index in [9.17, 15) is 9.59 Å². The molecule has 0 aliphatic carbocycles. The molecule has 22 heavy (non-hydrogen) atoms. The molecule has 0 fully saturated rings. The van der Waals surface area contributed by atoms with Gasteiger partial charge in [-0.1, -0.05) is 30.3 Å². The summed E-state index contributed by atoms with van der Waals surface area (Å²) in [6.45, 7) is 2.19. The van der Waals surface area contributed by atoms with E-state index in [1.807, 2.05) is 30.3 Å². The summed E-state index contributed by atoms with van der Waals surface area (Å²) in [6, 6.07) is 8.83. The van der Waals surface area contributed by atoms with Crippen molar-refractivity contribution in [3.63, 3.8) is 0 Å². The topological polar surface area (TPSA) is 103 Å². The normalized spacial score (nSPS) is 9.86. The average Bonchev–Trinajstić information content (AvgIpc) is 2.93. The molecule has 0 spiro atoms. The van der Waals surface area contributed by atoms with Gasteiger partial charge in [0.15, 0.2) is 0 Å². The van der Waals surface area contributed by atoms with Gasteiger partial charge in [0.1, 0.15) is 6.20 Å². The Morgan fingerprint density at radius 3 is 2.77 bits per heavy atom. The third kappa shape index (κ3) is 4.82. The molecule has 0 saturated carbocycles. The molecule has 2 aromatic rings. The fraction of sp³-hybridized carbons (Fsp3) is 0.214. The molecule has 1 aromatic heterocycles. The van der Waals surface area contributed by atoms with Gasteiger partial charge >= 0.3 is 24.1 Å². The van der Waals surface area contributed by atoms with E-state index in [0.29, 0.717) is 6.54 Å². The van der Waals surface area contributed by atoms with Crippen molar-refractivity contribution in [1.82, 2.24) is 10.3 Å². The molecule has 2 amide bonds. The zero-order chi connectivity index (χ0) is 15.8. The largest absolute Gasteiger partial charge is 0.516 e. The van der Waals surface area contributed by atoms with Gasteiger partial charge in [-0.25, -0.2) is 9.59 Å². The molecule has 0 unspecified atom stereocenters. The molecule has 0 aliphatic heterocycles. The number of hydrogen-bond donors (Lipinski definition) is 2. The van der Waals surface area contributed by atoms with E-state index in [1.165, 1.54) is 0 Å². The van der Waals surface area contributed by atoms with Gasteiger partial charge < -0.3 is 19.2 Å². The van der Waals surface area contributed by atoms with Crippen LogP contribution in [0.5, 0.6) is 5.95 Å². The minimum absolute atomic E-state index is 0.0927. The van der Waals surface area contributed by atoms with Crippen LogP contribution in [0.3, 0.4) is 0 Å². The Bertz CT molecular complexity index is 626. The van der Waals surface area contributed by atoms with Crippen LogP contribution in [0.4, 0.5) is 15.6 Å². The van der Waals surface area contributed by atoms with Crippen LogP contribution in [0.25, 0.3) is 0 Å². The number of aromatic nitrogens is 1. The summed E-state index contributed by atoms with van der Waals surface area (Å²) in [6.07, 6.45) is 0.253. The summed E-state index contributed by atoms with van der Waals surface area (Å²) < 4.78 is 14.3. The highest BCUT2D eigenvalue weighted by Gasteiger charge is 2.12. The fourth-order valence-corrected chi connectivity index (χ4v) is 1.51. The van der Waals surface area contributed by atoms with Gasteiger partial charge in [0, 0.05) is 6.54 Å². The van der Waals surface area contributed by atoms with Crippen LogP contribution >= 0.6 is 0 Å². The third-order valence-electron chi connectivity index (χ3n) is 2.45. The lowest BCUT2D eigenvalue weighted by molar-refractivity contribution is 0.0953. The highest BCUT2D eigenvalue weighted by Crippen LogP contribution is 2.16. The molecule has 0 radical (unpaired) electrons. The number of amides is 2. The Kier molecular flexibility index (Phi) is 5.36. The maximum Gasteiger partial charge on any atom is 0.516 e. The molecule has 0 saturated heterocycles. The molecule has 1 aromatic carbocycles. The second-order valence-corrected chi connectivity index (χ2v) is 4.06. The zero-order valence-electron chi connectivity index (χ0n) is 11.9. The number of ether oxygens (including phenoxy) is 2. The lowest BCUT2D eigenvalue weighted by Gasteiger charge is -2.04. The van der Waals surface area contributed by atoms with Gasteiger partial charge in [0.2, 0.25) is 0 Å². The van der Waals surface area contributed by atoms with Gasteiger partial charge in [-0.3, -0.25) is 5.32 Å². The Hall–Kier alpha value is -3.03. The van der Waals surface area contributed by atoms with Crippen molar-refractivity contribution in [1.29, 1.82) is 0 Å². The number of carbonyl (C=O) groups excluding carboxylic acids is 2. The third-order valence-corrected chi connectivity index (χ3v) is 2.45. The van der Waals surface area contributed by atoms with Crippen LogP contribution in [-0.2, 0) is 11.3 Å².